The van der Waals surface area contributed by atoms with Crippen molar-refractivity contribution in [1.82, 2.24) is 9.55 Å². The van der Waals surface area contributed by atoms with E-state index in [1.54, 1.807) is 23.0 Å². The van der Waals surface area contributed by atoms with Crippen LogP contribution >= 0.6 is 34.7 Å². The van der Waals surface area contributed by atoms with Crippen LogP contribution in [-0.4, -0.2) is 9.55 Å². The van der Waals surface area contributed by atoms with Gasteiger partial charge in [-0.25, -0.2) is 4.98 Å². The van der Waals surface area contributed by atoms with Crippen LogP contribution in [0.1, 0.15) is 16.0 Å². The van der Waals surface area contributed by atoms with Gasteiger partial charge in [-0.3, -0.25) is 9.36 Å². The summed E-state index contributed by atoms with van der Waals surface area (Å²) >= 11 is 9.29. The summed E-state index contributed by atoms with van der Waals surface area (Å²) in [5.74, 6) is 0.689. The van der Waals surface area contributed by atoms with E-state index in [0.29, 0.717) is 5.75 Å². The maximum Gasteiger partial charge on any atom is 0.262 e. The molecule has 0 spiro atoms. The number of halogens is 1. The average molecular weight is 351 g/mol. The van der Waals surface area contributed by atoms with Crippen LogP contribution in [0.5, 0.6) is 0 Å². The summed E-state index contributed by atoms with van der Waals surface area (Å²) in [7, 11) is 1.77. The molecular weight excluding hydrogens is 336 g/mol. The molecule has 0 saturated carbocycles. The SMILES string of the molecule is Cc1sc2nc(SCc3ccccc3Cl)n(C)c(=O)c2c1C. The van der Waals surface area contributed by atoms with E-state index in [0.717, 1.165) is 36.4 Å². The first-order chi connectivity index (χ1) is 10.5. The molecule has 3 rings (SSSR count). The molecule has 1 aromatic carbocycles. The Kier molecular flexibility index (Phi) is 4.30. The second-order valence-electron chi connectivity index (χ2n) is 5.10. The number of hydrogen-bond donors (Lipinski definition) is 0. The van der Waals surface area contributed by atoms with Crippen molar-refractivity contribution < 1.29 is 0 Å². The first-order valence-corrected chi connectivity index (χ1v) is 9.00. The predicted octanol–water partition coefficient (Wildman–Crippen LogP) is 4.56. The molecule has 114 valence electrons. The summed E-state index contributed by atoms with van der Waals surface area (Å²) in [4.78, 5) is 19.2. The van der Waals surface area contributed by atoms with Crippen LogP contribution in [-0.2, 0) is 12.8 Å². The Bertz CT molecular complexity index is 914. The Morgan fingerprint density at radius 2 is 2.05 bits per heavy atom. The largest absolute Gasteiger partial charge is 0.290 e. The number of aryl methyl sites for hydroxylation is 2. The molecule has 0 aliphatic heterocycles. The Labute approximate surface area is 142 Å². The van der Waals surface area contributed by atoms with Gasteiger partial charge < -0.3 is 0 Å². The topological polar surface area (TPSA) is 34.9 Å². The molecule has 0 amide bonds. The summed E-state index contributed by atoms with van der Waals surface area (Å²) in [6, 6.07) is 7.74. The number of benzene rings is 1. The van der Waals surface area contributed by atoms with Crippen LogP contribution in [0, 0.1) is 13.8 Å². The fourth-order valence-corrected chi connectivity index (χ4v) is 4.57. The van der Waals surface area contributed by atoms with Gasteiger partial charge in [0.1, 0.15) is 4.83 Å². The lowest BCUT2D eigenvalue weighted by Gasteiger charge is -2.08. The summed E-state index contributed by atoms with van der Waals surface area (Å²) in [6.07, 6.45) is 0. The van der Waals surface area contributed by atoms with Crippen LogP contribution in [0.4, 0.5) is 0 Å². The monoisotopic (exact) mass is 350 g/mol. The number of rotatable bonds is 3. The minimum absolute atomic E-state index is 0.0218. The molecule has 22 heavy (non-hydrogen) atoms. The van der Waals surface area contributed by atoms with Crippen molar-refractivity contribution in [3.63, 3.8) is 0 Å². The van der Waals surface area contributed by atoms with Crippen molar-refractivity contribution in [3.05, 3.63) is 55.6 Å². The van der Waals surface area contributed by atoms with E-state index >= 15 is 0 Å². The van der Waals surface area contributed by atoms with Gasteiger partial charge in [0.25, 0.3) is 5.56 Å². The van der Waals surface area contributed by atoms with Crippen molar-refractivity contribution in [1.29, 1.82) is 0 Å². The third-order valence-corrected chi connectivity index (χ3v) is 6.23. The van der Waals surface area contributed by atoms with E-state index in [-0.39, 0.29) is 5.56 Å². The highest BCUT2D eigenvalue weighted by molar-refractivity contribution is 7.98. The molecule has 0 aliphatic carbocycles. The Morgan fingerprint density at radius 1 is 1.32 bits per heavy atom. The van der Waals surface area contributed by atoms with E-state index < -0.39 is 0 Å². The van der Waals surface area contributed by atoms with Gasteiger partial charge in [0, 0.05) is 22.7 Å². The molecule has 2 heterocycles. The summed E-state index contributed by atoms with van der Waals surface area (Å²) in [5.41, 5.74) is 2.10. The zero-order valence-electron chi connectivity index (χ0n) is 12.5. The number of thiophene rings is 1. The van der Waals surface area contributed by atoms with Crippen LogP contribution in [0.15, 0.2) is 34.2 Å². The molecule has 0 unspecified atom stereocenters. The minimum atomic E-state index is 0.0218. The molecule has 0 saturated heterocycles. The molecular formula is C16H15ClN2OS2. The highest BCUT2D eigenvalue weighted by Crippen LogP contribution is 2.30. The normalized spacial score (nSPS) is 11.3. The van der Waals surface area contributed by atoms with Crippen LogP contribution in [0.3, 0.4) is 0 Å². The molecule has 0 aliphatic rings. The van der Waals surface area contributed by atoms with Crippen molar-refractivity contribution >= 4 is 44.9 Å². The first kappa shape index (κ1) is 15.6. The number of hydrogen-bond acceptors (Lipinski definition) is 4. The zero-order chi connectivity index (χ0) is 15.9. The molecule has 0 atom stereocenters. The molecule has 0 fully saturated rings. The van der Waals surface area contributed by atoms with Crippen LogP contribution < -0.4 is 5.56 Å². The van der Waals surface area contributed by atoms with Crippen LogP contribution in [0.25, 0.3) is 10.2 Å². The zero-order valence-corrected chi connectivity index (χ0v) is 14.9. The average Bonchev–Trinajstić information content (AvgIpc) is 2.78. The maximum atomic E-state index is 12.6. The van der Waals surface area contributed by atoms with Gasteiger partial charge in [-0.05, 0) is 31.0 Å². The van der Waals surface area contributed by atoms with E-state index in [1.807, 2.05) is 38.1 Å². The Hall–Kier alpha value is -1.30. The molecule has 3 nitrogen and oxygen atoms in total. The van der Waals surface area contributed by atoms with E-state index in [9.17, 15) is 4.79 Å². The predicted molar refractivity (Wildman–Crippen MR) is 95.3 cm³/mol. The van der Waals surface area contributed by atoms with Gasteiger partial charge in [-0.2, -0.15) is 0 Å². The molecule has 0 bridgehead atoms. The third kappa shape index (κ3) is 2.69. The van der Waals surface area contributed by atoms with Crippen molar-refractivity contribution in [2.45, 2.75) is 24.8 Å². The summed E-state index contributed by atoms with van der Waals surface area (Å²) in [6.45, 7) is 4.01. The van der Waals surface area contributed by atoms with Gasteiger partial charge in [0.2, 0.25) is 0 Å². The highest BCUT2D eigenvalue weighted by atomic mass is 35.5. The molecule has 0 N–H and O–H groups in total. The minimum Gasteiger partial charge on any atom is -0.290 e. The lowest BCUT2D eigenvalue weighted by molar-refractivity contribution is 0.727. The van der Waals surface area contributed by atoms with Gasteiger partial charge in [-0.15, -0.1) is 11.3 Å². The lowest BCUT2D eigenvalue weighted by Crippen LogP contribution is -2.19. The number of aromatic nitrogens is 2. The van der Waals surface area contributed by atoms with E-state index in [4.69, 9.17) is 11.6 Å². The summed E-state index contributed by atoms with van der Waals surface area (Å²) in [5, 5.41) is 2.20. The van der Waals surface area contributed by atoms with Crippen molar-refractivity contribution in [3.8, 4) is 0 Å². The highest BCUT2D eigenvalue weighted by Gasteiger charge is 2.15. The number of thioether (sulfide) groups is 1. The first-order valence-electron chi connectivity index (χ1n) is 6.82. The molecule has 2 aromatic heterocycles. The molecule has 0 radical (unpaired) electrons. The third-order valence-electron chi connectivity index (χ3n) is 3.68. The second-order valence-corrected chi connectivity index (χ2v) is 7.65. The van der Waals surface area contributed by atoms with E-state index in [2.05, 4.69) is 4.98 Å². The number of fused-ring (bicyclic) bond motifs is 1. The van der Waals surface area contributed by atoms with Crippen molar-refractivity contribution in [2.24, 2.45) is 7.05 Å². The summed E-state index contributed by atoms with van der Waals surface area (Å²) < 4.78 is 1.63. The van der Waals surface area contributed by atoms with Gasteiger partial charge in [0.15, 0.2) is 5.16 Å². The standard InChI is InChI=1S/C16H15ClN2OS2/c1-9-10(2)22-14-13(9)15(20)19(3)16(18-14)21-8-11-6-4-5-7-12(11)17/h4-7H,8H2,1-3H3. The van der Waals surface area contributed by atoms with E-state index in [1.165, 1.54) is 11.8 Å². The molecule has 3 aromatic rings. The van der Waals surface area contributed by atoms with Gasteiger partial charge in [-0.1, -0.05) is 41.6 Å². The van der Waals surface area contributed by atoms with Gasteiger partial charge in [0.05, 0.1) is 5.39 Å². The lowest BCUT2D eigenvalue weighted by atomic mass is 10.2. The quantitative estimate of drug-likeness (QED) is 0.513. The Balaban J connectivity index is 2.00. The Morgan fingerprint density at radius 3 is 2.77 bits per heavy atom. The fraction of sp³-hybridized carbons (Fsp3) is 0.250. The van der Waals surface area contributed by atoms with Crippen LogP contribution in [0.2, 0.25) is 5.02 Å². The second kappa shape index (κ2) is 6.07. The molecule has 6 heteroatoms. The number of nitrogens with zero attached hydrogens (tertiary/aromatic N) is 2. The maximum absolute atomic E-state index is 12.6. The fourth-order valence-electron chi connectivity index (χ4n) is 2.24. The smallest absolute Gasteiger partial charge is 0.262 e. The van der Waals surface area contributed by atoms with Crippen molar-refractivity contribution in [2.75, 3.05) is 0 Å². The van der Waals surface area contributed by atoms with Gasteiger partial charge >= 0.3 is 0 Å².